The summed E-state index contributed by atoms with van der Waals surface area (Å²) >= 11 is 0. The van der Waals surface area contributed by atoms with E-state index in [4.69, 9.17) is 23.7 Å². The largest absolute Gasteiger partial charge is 0.494 e. The normalized spacial score (nSPS) is 11.2. The Morgan fingerprint density at radius 3 is 1.65 bits per heavy atom. The highest BCUT2D eigenvalue weighted by Gasteiger charge is 2.10. The van der Waals surface area contributed by atoms with Gasteiger partial charge in [0.2, 0.25) is 0 Å². The standard InChI is InChI=1S/C38H44O8/c1-4-36(39)43-27-13-11-9-7-6-8-10-12-26-42-33-20-18-32(19-21-33)38(41)46-35-24-16-31(17-25-35)30-14-22-34(23-15-30)45-29(3)28-44-37(40)5-2/h4-5,14-25,29H,1-2,6-13,26-28H2,3H3/t29-/m0/s1. The average molecular weight is 629 g/mol. The Kier molecular flexibility index (Phi) is 15.7. The molecule has 0 saturated carbocycles. The monoisotopic (exact) mass is 628 g/mol. The lowest BCUT2D eigenvalue weighted by Gasteiger charge is -2.14. The Hall–Kier alpha value is -4.85. The first kappa shape index (κ1) is 35.6. The van der Waals surface area contributed by atoms with Crippen molar-refractivity contribution in [1.82, 2.24) is 0 Å². The number of hydrogen-bond acceptors (Lipinski definition) is 8. The first-order chi connectivity index (χ1) is 22.4. The summed E-state index contributed by atoms with van der Waals surface area (Å²) in [7, 11) is 0. The zero-order valence-corrected chi connectivity index (χ0v) is 26.6. The van der Waals surface area contributed by atoms with Gasteiger partial charge in [0.15, 0.2) is 0 Å². The van der Waals surface area contributed by atoms with Gasteiger partial charge in [-0.15, -0.1) is 0 Å². The molecule has 0 unspecified atom stereocenters. The third-order valence-corrected chi connectivity index (χ3v) is 7.03. The van der Waals surface area contributed by atoms with E-state index in [0.29, 0.717) is 30.3 Å². The molecule has 0 aliphatic rings. The molecule has 0 saturated heterocycles. The van der Waals surface area contributed by atoms with Gasteiger partial charge in [-0.25, -0.2) is 14.4 Å². The summed E-state index contributed by atoms with van der Waals surface area (Å²) in [5, 5.41) is 0. The highest BCUT2D eigenvalue weighted by molar-refractivity contribution is 5.91. The van der Waals surface area contributed by atoms with Crippen LogP contribution in [0.3, 0.4) is 0 Å². The molecule has 0 aliphatic carbocycles. The van der Waals surface area contributed by atoms with E-state index >= 15 is 0 Å². The molecular weight excluding hydrogens is 584 g/mol. The minimum absolute atomic E-state index is 0.133. The van der Waals surface area contributed by atoms with E-state index in [1.807, 2.05) is 43.3 Å². The summed E-state index contributed by atoms with van der Waals surface area (Å²) in [5.41, 5.74) is 2.38. The summed E-state index contributed by atoms with van der Waals surface area (Å²) in [4.78, 5) is 34.9. The maximum atomic E-state index is 12.7. The lowest BCUT2D eigenvalue weighted by molar-refractivity contribution is -0.140. The van der Waals surface area contributed by atoms with Gasteiger partial charge >= 0.3 is 17.9 Å². The van der Waals surface area contributed by atoms with Crippen molar-refractivity contribution >= 4 is 17.9 Å². The van der Waals surface area contributed by atoms with Gasteiger partial charge in [-0.1, -0.05) is 75.9 Å². The van der Waals surface area contributed by atoms with E-state index in [0.717, 1.165) is 55.1 Å². The van der Waals surface area contributed by atoms with E-state index in [-0.39, 0.29) is 18.7 Å². The van der Waals surface area contributed by atoms with Crippen LogP contribution in [-0.4, -0.2) is 43.8 Å². The maximum absolute atomic E-state index is 12.7. The number of ether oxygens (including phenoxy) is 5. The van der Waals surface area contributed by atoms with Crippen molar-refractivity contribution in [3.8, 4) is 28.4 Å². The third kappa shape index (κ3) is 13.4. The Morgan fingerprint density at radius 2 is 1.09 bits per heavy atom. The van der Waals surface area contributed by atoms with Gasteiger partial charge in [-0.3, -0.25) is 0 Å². The molecule has 46 heavy (non-hydrogen) atoms. The van der Waals surface area contributed by atoms with Crippen LogP contribution < -0.4 is 14.2 Å². The number of rotatable bonds is 21. The van der Waals surface area contributed by atoms with Crippen molar-refractivity contribution in [3.63, 3.8) is 0 Å². The Labute approximate surface area is 272 Å². The molecule has 3 rings (SSSR count). The van der Waals surface area contributed by atoms with Crippen LogP contribution in [0, 0.1) is 0 Å². The summed E-state index contributed by atoms with van der Waals surface area (Å²) in [5.74, 6) is 0.557. The third-order valence-electron chi connectivity index (χ3n) is 7.03. The van der Waals surface area contributed by atoms with E-state index < -0.39 is 11.9 Å². The van der Waals surface area contributed by atoms with Crippen LogP contribution in [0.15, 0.2) is 98.1 Å². The molecule has 0 heterocycles. The first-order valence-electron chi connectivity index (χ1n) is 15.8. The summed E-state index contributed by atoms with van der Waals surface area (Å²) in [6.45, 7) is 9.80. The molecule has 8 heteroatoms. The second kappa shape index (κ2) is 20.2. The number of carbonyl (C=O) groups excluding carboxylic acids is 3. The van der Waals surface area contributed by atoms with E-state index in [9.17, 15) is 14.4 Å². The van der Waals surface area contributed by atoms with Crippen LogP contribution in [0.4, 0.5) is 0 Å². The van der Waals surface area contributed by atoms with E-state index in [2.05, 4.69) is 13.2 Å². The fourth-order valence-corrected chi connectivity index (χ4v) is 4.51. The molecule has 0 radical (unpaired) electrons. The first-order valence-corrected chi connectivity index (χ1v) is 15.8. The maximum Gasteiger partial charge on any atom is 0.343 e. The minimum atomic E-state index is -0.483. The second-order valence-corrected chi connectivity index (χ2v) is 10.8. The Morgan fingerprint density at radius 1 is 0.609 bits per heavy atom. The topological polar surface area (TPSA) is 97.4 Å². The molecule has 0 spiro atoms. The van der Waals surface area contributed by atoms with Crippen LogP contribution in [0.1, 0.15) is 68.6 Å². The predicted octanol–water partition coefficient (Wildman–Crippen LogP) is 8.30. The van der Waals surface area contributed by atoms with Gasteiger partial charge in [-0.05, 0) is 79.4 Å². The molecule has 3 aromatic rings. The van der Waals surface area contributed by atoms with Gasteiger partial charge in [0.25, 0.3) is 0 Å². The van der Waals surface area contributed by atoms with Crippen molar-refractivity contribution in [2.24, 2.45) is 0 Å². The van der Waals surface area contributed by atoms with Gasteiger partial charge in [-0.2, -0.15) is 0 Å². The SMILES string of the molecule is C=CC(=O)OCCCCCCCCCCOc1ccc(C(=O)Oc2ccc(-c3ccc(O[C@@H](C)COC(=O)C=C)cc3)cc2)cc1. The smallest absolute Gasteiger partial charge is 0.343 e. The fourth-order valence-electron chi connectivity index (χ4n) is 4.51. The molecule has 0 N–H and O–H groups in total. The lowest BCUT2D eigenvalue weighted by Crippen LogP contribution is -2.20. The summed E-state index contributed by atoms with van der Waals surface area (Å²) < 4.78 is 27.2. The van der Waals surface area contributed by atoms with Gasteiger partial charge in [0.05, 0.1) is 18.8 Å². The number of unbranched alkanes of at least 4 members (excludes halogenated alkanes) is 7. The Balaban J connectivity index is 1.31. The lowest BCUT2D eigenvalue weighted by atomic mass is 10.1. The molecule has 0 fully saturated rings. The summed E-state index contributed by atoms with van der Waals surface area (Å²) in [6.07, 6.45) is 10.7. The number of esters is 3. The van der Waals surface area contributed by atoms with Crippen LogP contribution in [0.2, 0.25) is 0 Å². The summed E-state index contributed by atoms with van der Waals surface area (Å²) in [6, 6.07) is 21.8. The fraction of sp³-hybridized carbons (Fsp3) is 0.342. The number of hydrogen-bond donors (Lipinski definition) is 0. The molecule has 1 atom stereocenters. The van der Waals surface area contributed by atoms with Crippen LogP contribution in [0.25, 0.3) is 11.1 Å². The highest BCUT2D eigenvalue weighted by atomic mass is 16.6. The van der Waals surface area contributed by atoms with Gasteiger partial charge < -0.3 is 23.7 Å². The van der Waals surface area contributed by atoms with Crippen molar-refractivity contribution in [2.45, 2.75) is 64.4 Å². The van der Waals surface area contributed by atoms with Crippen LogP contribution in [-0.2, 0) is 19.1 Å². The molecule has 0 aliphatic heterocycles. The molecule has 244 valence electrons. The van der Waals surface area contributed by atoms with Crippen LogP contribution >= 0.6 is 0 Å². The molecule has 3 aromatic carbocycles. The molecular formula is C38H44O8. The minimum Gasteiger partial charge on any atom is -0.494 e. The Bertz CT molecular complexity index is 1380. The molecule has 0 bridgehead atoms. The predicted molar refractivity (Wildman–Crippen MR) is 178 cm³/mol. The molecule has 0 amide bonds. The molecule has 8 nitrogen and oxygen atoms in total. The van der Waals surface area contributed by atoms with Crippen molar-refractivity contribution < 1.29 is 38.1 Å². The van der Waals surface area contributed by atoms with Gasteiger partial charge in [0.1, 0.15) is 30.0 Å². The second-order valence-electron chi connectivity index (χ2n) is 10.8. The van der Waals surface area contributed by atoms with Crippen LogP contribution in [0.5, 0.6) is 17.2 Å². The average Bonchev–Trinajstić information content (AvgIpc) is 3.08. The number of carbonyl (C=O) groups is 3. The molecule has 0 aromatic heterocycles. The zero-order chi connectivity index (χ0) is 33.0. The van der Waals surface area contributed by atoms with Crippen molar-refractivity contribution in [2.75, 3.05) is 19.8 Å². The van der Waals surface area contributed by atoms with Crippen molar-refractivity contribution in [3.05, 3.63) is 104 Å². The van der Waals surface area contributed by atoms with E-state index in [1.165, 1.54) is 25.3 Å². The quantitative estimate of drug-likeness (QED) is 0.0503. The number of benzene rings is 3. The van der Waals surface area contributed by atoms with Crippen molar-refractivity contribution in [1.29, 1.82) is 0 Å². The van der Waals surface area contributed by atoms with E-state index in [1.54, 1.807) is 36.4 Å². The van der Waals surface area contributed by atoms with Gasteiger partial charge in [0, 0.05) is 12.2 Å². The zero-order valence-electron chi connectivity index (χ0n) is 26.6. The highest BCUT2D eigenvalue weighted by Crippen LogP contribution is 2.26.